The van der Waals surface area contributed by atoms with Crippen LogP contribution >= 0.6 is 0 Å². The van der Waals surface area contributed by atoms with Crippen molar-refractivity contribution in [2.45, 2.75) is 25.5 Å². The highest BCUT2D eigenvalue weighted by Crippen LogP contribution is 2.19. The van der Waals surface area contributed by atoms with E-state index in [1.807, 2.05) is 31.2 Å². The fourth-order valence-corrected chi connectivity index (χ4v) is 2.90. The second kappa shape index (κ2) is 8.12. The van der Waals surface area contributed by atoms with Crippen molar-refractivity contribution in [1.29, 1.82) is 0 Å². The zero-order valence-electron chi connectivity index (χ0n) is 14.0. The summed E-state index contributed by atoms with van der Waals surface area (Å²) in [4.78, 5) is 26.2. The molecule has 1 aromatic carbocycles. The van der Waals surface area contributed by atoms with Crippen LogP contribution in [0.4, 0.5) is 0 Å². The lowest BCUT2D eigenvalue weighted by Crippen LogP contribution is -2.43. The van der Waals surface area contributed by atoms with E-state index in [0.29, 0.717) is 12.3 Å². The summed E-state index contributed by atoms with van der Waals surface area (Å²) >= 11 is 0. The molecule has 1 aromatic rings. The Kier molecular flexibility index (Phi) is 6.16. The first-order valence-electron chi connectivity index (χ1n) is 8.01. The molecule has 0 aliphatic carbocycles. The van der Waals surface area contributed by atoms with Crippen LogP contribution in [-0.4, -0.2) is 77.3 Å². The van der Waals surface area contributed by atoms with Gasteiger partial charge in [-0.2, -0.15) is 0 Å². The number of para-hydroxylation sites is 1. The van der Waals surface area contributed by atoms with Gasteiger partial charge in [0.2, 0.25) is 0 Å². The number of carbonyl (C=O) groups excluding carboxylic acids is 1. The van der Waals surface area contributed by atoms with Crippen molar-refractivity contribution in [3.05, 3.63) is 29.8 Å². The molecule has 0 bridgehead atoms. The van der Waals surface area contributed by atoms with Gasteiger partial charge in [0.15, 0.2) is 6.61 Å². The van der Waals surface area contributed by atoms with Crippen LogP contribution < -0.4 is 4.74 Å². The lowest BCUT2D eigenvalue weighted by Gasteiger charge is -2.24. The summed E-state index contributed by atoms with van der Waals surface area (Å²) in [5, 5.41) is 18.9. The molecule has 0 radical (unpaired) electrons. The van der Waals surface area contributed by atoms with Gasteiger partial charge in [0.05, 0.1) is 18.7 Å². The Balaban J connectivity index is 1.90. The minimum absolute atomic E-state index is 0.0981. The van der Waals surface area contributed by atoms with E-state index in [0.717, 1.165) is 12.0 Å². The molecule has 2 atom stereocenters. The van der Waals surface area contributed by atoms with E-state index in [1.54, 1.807) is 11.9 Å². The number of carboxylic acids is 1. The molecule has 132 valence electrons. The number of aliphatic hydroxyl groups excluding tert-OH is 1. The largest absolute Gasteiger partial charge is 0.483 e. The Morgan fingerprint density at radius 2 is 2.04 bits per heavy atom. The number of hydrogen-bond acceptors (Lipinski definition) is 5. The minimum Gasteiger partial charge on any atom is -0.483 e. The molecule has 2 N–H and O–H groups in total. The average Bonchev–Trinajstić information content (AvgIpc) is 2.94. The van der Waals surface area contributed by atoms with Crippen molar-refractivity contribution < 1.29 is 24.5 Å². The van der Waals surface area contributed by atoms with Crippen molar-refractivity contribution in [3.8, 4) is 5.75 Å². The zero-order chi connectivity index (χ0) is 17.7. The molecule has 1 amide bonds. The van der Waals surface area contributed by atoms with E-state index in [-0.39, 0.29) is 31.6 Å². The van der Waals surface area contributed by atoms with Gasteiger partial charge in [0.25, 0.3) is 5.91 Å². The Hall–Kier alpha value is -2.12. The lowest BCUT2D eigenvalue weighted by atomic mass is 10.1. The van der Waals surface area contributed by atoms with Crippen LogP contribution in [0.25, 0.3) is 0 Å². The monoisotopic (exact) mass is 336 g/mol. The second-order valence-electron chi connectivity index (χ2n) is 5.99. The summed E-state index contributed by atoms with van der Waals surface area (Å²) in [5.41, 5.74) is 1.03. The standard InChI is InChI=1S/C17H24N2O5/c1-3-12-6-4-5-7-15(12)24-11-16(21)19-8-13(14(20)9-19)18(2)10-17(22)23/h4-7,13-14,20H,3,8-11H2,1-2H3,(H,22,23)/t13-,14-/m1/s1. The van der Waals surface area contributed by atoms with Crippen molar-refractivity contribution in [1.82, 2.24) is 9.80 Å². The maximum absolute atomic E-state index is 12.3. The molecule has 1 heterocycles. The van der Waals surface area contributed by atoms with Crippen LogP contribution in [0.15, 0.2) is 24.3 Å². The SMILES string of the molecule is CCc1ccccc1OCC(=O)N1C[C@@H](O)[C@H](N(C)CC(=O)O)C1. The first-order valence-corrected chi connectivity index (χ1v) is 8.01. The van der Waals surface area contributed by atoms with Crippen molar-refractivity contribution in [3.63, 3.8) is 0 Å². The molecular formula is C17H24N2O5. The Morgan fingerprint density at radius 1 is 1.33 bits per heavy atom. The molecule has 1 fully saturated rings. The Labute approximate surface area is 141 Å². The van der Waals surface area contributed by atoms with Crippen LogP contribution in [0, 0.1) is 0 Å². The number of carbonyl (C=O) groups is 2. The molecule has 0 saturated carbocycles. The summed E-state index contributed by atoms with van der Waals surface area (Å²) < 4.78 is 5.62. The highest BCUT2D eigenvalue weighted by molar-refractivity contribution is 5.78. The number of nitrogens with zero attached hydrogens (tertiary/aromatic N) is 2. The van der Waals surface area contributed by atoms with Crippen LogP contribution in [0.1, 0.15) is 12.5 Å². The topological polar surface area (TPSA) is 90.3 Å². The molecule has 1 aliphatic heterocycles. The number of rotatable bonds is 7. The molecule has 2 rings (SSSR count). The maximum Gasteiger partial charge on any atom is 0.317 e. The number of β-amino-alcohol motifs (C(OH)–C–C–N with tert-alkyl or cyclic N) is 1. The van der Waals surface area contributed by atoms with Gasteiger partial charge in [-0.3, -0.25) is 14.5 Å². The number of carboxylic acid groups (broad SMARTS) is 1. The van der Waals surface area contributed by atoms with Gasteiger partial charge in [-0.25, -0.2) is 0 Å². The van der Waals surface area contributed by atoms with Crippen LogP contribution in [0.3, 0.4) is 0 Å². The fraction of sp³-hybridized carbons (Fsp3) is 0.529. The van der Waals surface area contributed by atoms with E-state index in [9.17, 15) is 14.7 Å². The Morgan fingerprint density at radius 3 is 2.71 bits per heavy atom. The number of benzene rings is 1. The van der Waals surface area contributed by atoms with E-state index >= 15 is 0 Å². The number of likely N-dealkylation sites (tertiary alicyclic amines) is 1. The molecule has 0 unspecified atom stereocenters. The number of hydrogen-bond donors (Lipinski definition) is 2. The zero-order valence-corrected chi connectivity index (χ0v) is 14.0. The number of aliphatic hydroxyl groups is 1. The van der Waals surface area contributed by atoms with Gasteiger partial charge < -0.3 is 19.8 Å². The highest BCUT2D eigenvalue weighted by atomic mass is 16.5. The fourth-order valence-electron chi connectivity index (χ4n) is 2.90. The third-order valence-electron chi connectivity index (χ3n) is 4.27. The first kappa shape index (κ1) is 18.2. The van der Waals surface area contributed by atoms with Gasteiger partial charge in [-0.1, -0.05) is 25.1 Å². The smallest absolute Gasteiger partial charge is 0.317 e. The summed E-state index contributed by atoms with van der Waals surface area (Å²) in [6, 6.07) is 7.18. The van der Waals surface area contributed by atoms with Gasteiger partial charge in [0, 0.05) is 13.1 Å². The predicted octanol–water partition coefficient (Wildman–Crippen LogP) is 0.216. The molecule has 7 nitrogen and oxygen atoms in total. The second-order valence-corrected chi connectivity index (χ2v) is 5.99. The molecule has 0 spiro atoms. The van der Waals surface area contributed by atoms with Crippen molar-refractivity contribution in [2.24, 2.45) is 0 Å². The summed E-state index contributed by atoms with van der Waals surface area (Å²) in [6.07, 6.45) is 0.0516. The molecule has 24 heavy (non-hydrogen) atoms. The maximum atomic E-state index is 12.3. The van der Waals surface area contributed by atoms with Gasteiger partial charge >= 0.3 is 5.97 Å². The summed E-state index contributed by atoms with van der Waals surface area (Å²) in [5.74, 6) is -0.493. The van der Waals surface area contributed by atoms with Gasteiger partial charge in [-0.15, -0.1) is 0 Å². The number of aliphatic carboxylic acids is 1. The third kappa shape index (κ3) is 4.46. The molecular weight excluding hydrogens is 312 g/mol. The summed E-state index contributed by atoms with van der Waals surface area (Å²) in [6.45, 7) is 2.22. The molecule has 0 aromatic heterocycles. The summed E-state index contributed by atoms with van der Waals surface area (Å²) in [7, 11) is 1.63. The van der Waals surface area contributed by atoms with Crippen molar-refractivity contribution >= 4 is 11.9 Å². The normalized spacial score (nSPS) is 20.4. The molecule has 1 aliphatic rings. The minimum atomic E-state index is -0.964. The Bertz CT molecular complexity index is 592. The van der Waals surface area contributed by atoms with E-state index < -0.39 is 12.1 Å². The van der Waals surface area contributed by atoms with Crippen molar-refractivity contribution in [2.75, 3.05) is 33.3 Å². The first-order chi connectivity index (χ1) is 11.4. The average molecular weight is 336 g/mol. The predicted molar refractivity (Wildman–Crippen MR) is 88.0 cm³/mol. The van der Waals surface area contributed by atoms with Crippen LogP contribution in [0.2, 0.25) is 0 Å². The number of ether oxygens (including phenoxy) is 1. The lowest BCUT2D eigenvalue weighted by molar-refractivity contribution is -0.138. The van der Waals surface area contributed by atoms with Crippen LogP contribution in [0.5, 0.6) is 5.75 Å². The third-order valence-corrected chi connectivity index (χ3v) is 4.27. The van der Waals surface area contributed by atoms with Gasteiger partial charge in [0.1, 0.15) is 5.75 Å². The number of amides is 1. The molecule has 1 saturated heterocycles. The highest BCUT2D eigenvalue weighted by Gasteiger charge is 2.36. The number of likely N-dealkylation sites (N-methyl/N-ethyl adjacent to an activating group) is 1. The molecule has 7 heteroatoms. The number of aryl methyl sites for hydroxylation is 1. The quantitative estimate of drug-likeness (QED) is 0.740. The van der Waals surface area contributed by atoms with Crippen LogP contribution in [-0.2, 0) is 16.0 Å². The van der Waals surface area contributed by atoms with Gasteiger partial charge in [-0.05, 0) is 25.1 Å². The van der Waals surface area contributed by atoms with E-state index in [2.05, 4.69) is 0 Å². The van der Waals surface area contributed by atoms with E-state index in [1.165, 1.54) is 4.90 Å². The van der Waals surface area contributed by atoms with E-state index in [4.69, 9.17) is 9.84 Å².